The van der Waals surface area contributed by atoms with E-state index in [0.29, 0.717) is 18.7 Å². The van der Waals surface area contributed by atoms with Gasteiger partial charge < -0.3 is 14.4 Å². The summed E-state index contributed by atoms with van der Waals surface area (Å²) < 4.78 is 2.04. The van der Waals surface area contributed by atoms with Crippen molar-refractivity contribution < 1.29 is 9.90 Å². The minimum atomic E-state index is -0.435. The van der Waals surface area contributed by atoms with Crippen molar-refractivity contribution in [1.82, 2.24) is 14.3 Å². The maximum atomic E-state index is 13.2. The Balaban J connectivity index is 1.49. The molecule has 1 aliphatic rings. The highest BCUT2D eigenvalue weighted by Gasteiger charge is 2.26. The molecular formula is C24H23N3O2S. The van der Waals surface area contributed by atoms with Crippen LogP contribution in [0, 0.1) is 0 Å². The van der Waals surface area contributed by atoms with Gasteiger partial charge in [0.2, 0.25) is 0 Å². The molecule has 1 unspecified atom stereocenters. The van der Waals surface area contributed by atoms with E-state index in [-0.39, 0.29) is 5.91 Å². The molecule has 0 saturated carbocycles. The predicted octanol–water partition coefficient (Wildman–Crippen LogP) is 4.25. The first kappa shape index (κ1) is 19.0. The normalized spacial score (nSPS) is 16.8. The number of aliphatic hydroxyl groups is 1. The van der Waals surface area contributed by atoms with Crippen LogP contribution in [0.4, 0.5) is 0 Å². The fourth-order valence-electron chi connectivity index (χ4n) is 4.11. The zero-order valence-corrected chi connectivity index (χ0v) is 17.4. The summed E-state index contributed by atoms with van der Waals surface area (Å²) >= 11 is 1.64. The monoisotopic (exact) mass is 417 g/mol. The number of hydrogen-bond acceptors (Lipinski definition) is 4. The Bertz CT molecular complexity index is 1180. The van der Waals surface area contributed by atoms with Crippen molar-refractivity contribution in [2.75, 3.05) is 13.1 Å². The lowest BCUT2D eigenvalue weighted by atomic mass is 10.1. The van der Waals surface area contributed by atoms with Crippen molar-refractivity contribution in [3.05, 3.63) is 82.3 Å². The van der Waals surface area contributed by atoms with Crippen LogP contribution in [0.25, 0.3) is 16.9 Å². The molecule has 1 amide bonds. The number of amides is 1. The van der Waals surface area contributed by atoms with Crippen molar-refractivity contribution >= 4 is 22.8 Å². The number of rotatable bonds is 4. The summed E-state index contributed by atoms with van der Waals surface area (Å²) in [5, 5.41) is 13.1. The number of thiazole rings is 1. The molecule has 4 aromatic rings. The Morgan fingerprint density at radius 1 is 1.17 bits per heavy atom. The first-order valence-electron chi connectivity index (χ1n) is 10.2. The Labute approximate surface area is 179 Å². The number of carbonyl (C=O) groups excluding carboxylic acids is 1. The van der Waals surface area contributed by atoms with Gasteiger partial charge >= 0.3 is 0 Å². The molecule has 0 bridgehead atoms. The number of piperidine rings is 1. The van der Waals surface area contributed by atoms with Gasteiger partial charge in [0.25, 0.3) is 5.91 Å². The molecule has 1 aliphatic heterocycles. The van der Waals surface area contributed by atoms with E-state index in [0.717, 1.165) is 41.2 Å². The third-order valence-corrected chi connectivity index (χ3v) is 6.45. The van der Waals surface area contributed by atoms with Crippen molar-refractivity contribution in [1.29, 1.82) is 0 Å². The number of nitrogens with zero attached hydrogens (tertiary/aromatic N) is 3. The summed E-state index contributed by atoms with van der Waals surface area (Å²) in [4.78, 5) is 19.9. The zero-order valence-electron chi connectivity index (χ0n) is 16.6. The topological polar surface area (TPSA) is 57.8 Å². The molecule has 1 N–H and O–H groups in total. The van der Waals surface area contributed by atoms with Gasteiger partial charge in [-0.2, -0.15) is 0 Å². The van der Waals surface area contributed by atoms with Gasteiger partial charge in [0.1, 0.15) is 0 Å². The van der Waals surface area contributed by atoms with E-state index in [2.05, 4.69) is 17.5 Å². The van der Waals surface area contributed by atoms with E-state index in [9.17, 15) is 9.90 Å². The van der Waals surface area contributed by atoms with Crippen LogP contribution in [0.15, 0.2) is 66.2 Å². The second-order valence-electron chi connectivity index (χ2n) is 7.74. The van der Waals surface area contributed by atoms with Crippen molar-refractivity contribution in [3.63, 3.8) is 0 Å². The number of hydrogen-bond donors (Lipinski definition) is 1. The van der Waals surface area contributed by atoms with Crippen molar-refractivity contribution in [2.24, 2.45) is 0 Å². The molecule has 1 aromatic carbocycles. The number of benzene rings is 1. The van der Waals surface area contributed by atoms with Crippen molar-refractivity contribution in [2.45, 2.75) is 25.4 Å². The van der Waals surface area contributed by atoms with Gasteiger partial charge in [-0.05, 0) is 36.6 Å². The van der Waals surface area contributed by atoms with E-state index in [1.54, 1.807) is 16.2 Å². The maximum absolute atomic E-state index is 13.2. The molecule has 4 heterocycles. The summed E-state index contributed by atoms with van der Waals surface area (Å²) in [6, 6.07) is 18.1. The summed E-state index contributed by atoms with van der Waals surface area (Å²) in [5.74, 6) is -0.0246. The molecule has 1 atom stereocenters. The van der Waals surface area contributed by atoms with Crippen LogP contribution in [-0.2, 0) is 6.42 Å². The van der Waals surface area contributed by atoms with Gasteiger partial charge in [-0.1, -0.05) is 36.4 Å². The smallest absolute Gasteiger partial charge is 0.256 e. The number of aliphatic hydroxyl groups excluding tert-OH is 1. The summed E-state index contributed by atoms with van der Waals surface area (Å²) in [7, 11) is 0. The minimum absolute atomic E-state index is 0.0246. The third kappa shape index (κ3) is 3.64. The van der Waals surface area contributed by atoms with E-state index in [1.165, 1.54) is 5.56 Å². The molecule has 6 heteroatoms. The number of β-amino-alcohol motifs (C(OH)–C–C–N with tert-alkyl or cyclic N) is 1. The number of fused-ring (bicyclic) bond motifs is 1. The zero-order chi connectivity index (χ0) is 20.5. The highest BCUT2D eigenvalue weighted by atomic mass is 32.1. The average molecular weight is 418 g/mol. The van der Waals surface area contributed by atoms with Gasteiger partial charge in [-0.15, -0.1) is 11.3 Å². The molecule has 30 heavy (non-hydrogen) atoms. The quantitative estimate of drug-likeness (QED) is 0.540. The van der Waals surface area contributed by atoms with Gasteiger partial charge in [-0.25, -0.2) is 4.98 Å². The standard InChI is InChI=1S/C24H23N3O2S/c28-18-9-6-11-26(15-18)24(29)19-14-22(27-12-5-4-10-21(19)27)20-16-30-23(25-20)13-17-7-2-1-3-8-17/h1-5,7-8,10,12,14,16,18,28H,6,9,11,13,15H2. The van der Waals surface area contributed by atoms with Gasteiger partial charge in [0.05, 0.1) is 33.6 Å². The third-order valence-electron chi connectivity index (χ3n) is 5.60. The first-order valence-corrected chi connectivity index (χ1v) is 11.1. The Hall–Kier alpha value is -2.96. The molecular weight excluding hydrogens is 394 g/mol. The Morgan fingerprint density at radius 3 is 2.83 bits per heavy atom. The van der Waals surface area contributed by atoms with Crippen LogP contribution in [0.5, 0.6) is 0 Å². The van der Waals surface area contributed by atoms with Crippen LogP contribution in [0.3, 0.4) is 0 Å². The van der Waals surface area contributed by atoms with Gasteiger partial charge in [0.15, 0.2) is 0 Å². The molecule has 152 valence electrons. The fourth-order valence-corrected chi connectivity index (χ4v) is 4.93. The lowest BCUT2D eigenvalue weighted by molar-refractivity contribution is 0.0475. The fraction of sp³-hybridized carbons (Fsp3) is 0.250. The number of pyridine rings is 1. The number of aromatic nitrogens is 2. The summed E-state index contributed by atoms with van der Waals surface area (Å²) in [5.41, 5.74) is 4.57. The van der Waals surface area contributed by atoms with E-state index < -0.39 is 6.10 Å². The largest absolute Gasteiger partial charge is 0.391 e. The molecule has 5 nitrogen and oxygen atoms in total. The Morgan fingerprint density at radius 2 is 2.00 bits per heavy atom. The lowest BCUT2D eigenvalue weighted by Crippen LogP contribution is -2.42. The maximum Gasteiger partial charge on any atom is 0.256 e. The summed E-state index contributed by atoms with van der Waals surface area (Å²) in [6.07, 6.45) is 3.93. The van der Waals surface area contributed by atoms with Gasteiger partial charge in [-0.3, -0.25) is 4.79 Å². The van der Waals surface area contributed by atoms with Crippen LogP contribution >= 0.6 is 11.3 Å². The first-order chi connectivity index (χ1) is 14.7. The van der Waals surface area contributed by atoms with Gasteiger partial charge in [0, 0.05) is 31.1 Å². The van der Waals surface area contributed by atoms with Crippen LogP contribution in [0.1, 0.15) is 33.8 Å². The SMILES string of the molecule is O=C(c1cc(-c2csc(Cc3ccccc3)n2)n2ccccc12)N1CCCC(O)C1. The van der Waals surface area contributed by atoms with Crippen LogP contribution < -0.4 is 0 Å². The molecule has 0 aliphatic carbocycles. The highest BCUT2D eigenvalue weighted by molar-refractivity contribution is 7.10. The molecule has 1 fully saturated rings. The van der Waals surface area contributed by atoms with Crippen LogP contribution in [0.2, 0.25) is 0 Å². The number of carbonyl (C=O) groups is 1. The van der Waals surface area contributed by atoms with Crippen molar-refractivity contribution in [3.8, 4) is 11.4 Å². The highest BCUT2D eigenvalue weighted by Crippen LogP contribution is 2.29. The minimum Gasteiger partial charge on any atom is -0.391 e. The van der Waals surface area contributed by atoms with E-state index >= 15 is 0 Å². The molecule has 0 spiro atoms. The molecule has 5 rings (SSSR count). The second kappa shape index (κ2) is 8.05. The summed E-state index contributed by atoms with van der Waals surface area (Å²) in [6.45, 7) is 1.09. The van der Waals surface area contributed by atoms with E-state index in [4.69, 9.17) is 4.98 Å². The lowest BCUT2D eigenvalue weighted by Gasteiger charge is -2.30. The van der Waals surface area contributed by atoms with E-state index in [1.807, 2.05) is 53.1 Å². The Kier molecular flexibility index (Phi) is 5.11. The number of likely N-dealkylation sites (tertiary alicyclic amines) is 1. The molecule has 3 aromatic heterocycles. The molecule has 0 radical (unpaired) electrons. The predicted molar refractivity (Wildman–Crippen MR) is 119 cm³/mol. The second-order valence-corrected chi connectivity index (χ2v) is 8.68. The van der Waals surface area contributed by atoms with Crippen LogP contribution in [-0.4, -0.2) is 44.5 Å². The molecule has 1 saturated heterocycles. The average Bonchev–Trinajstić information content (AvgIpc) is 3.38.